The Balaban J connectivity index is 2.85. The highest BCUT2D eigenvalue weighted by atomic mass is 16.6. The highest BCUT2D eigenvalue weighted by molar-refractivity contribution is 4.39. The molecule has 0 amide bonds. The molecule has 5 nitrogen and oxygen atoms in total. The van der Waals surface area contributed by atoms with Gasteiger partial charge in [0, 0.05) is 6.61 Å². The van der Waals surface area contributed by atoms with Crippen molar-refractivity contribution in [2.24, 2.45) is 0 Å². The average molecular weight is 249 g/mol. The third kappa shape index (κ3) is 15.8. The van der Waals surface area contributed by atoms with Gasteiger partial charge in [-0.3, -0.25) is 0 Å². The van der Waals surface area contributed by atoms with Gasteiger partial charge in [0.2, 0.25) is 0 Å². The van der Waals surface area contributed by atoms with E-state index < -0.39 is 0 Å². The summed E-state index contributed by atoms with van der Waals surface area (Å²) in [6, 6.07) is 0. The van der Waals surface area contributed by atoms with Gasteiger partial charge in [-0.1, -0.05) is 13.3 Å². The number of aliphatic hydroxyl groups excluding tert-OH is 1. The molecule has 0 aromatic rings. The van der Waals surface area contributed by atoms with E-state index in [1.165, 1.54) is 0 Å². The second-order valence-electron chi connectivity index (χ2n) is 3.38. The molecule has 0 bridgehead atoms. The molecule has 0 aromatic carbocycles. The van der Waals surface area contributed by atoms with Crippen molar-refractivity contribution < 1.29 is 24.1 Å². The molecule has 0 saturated heterocycles. The third-order valence-electron chi connectivity index (χ3n) is 1.89. The molecular weight excluding hydrogens is 224 g/mol. The first-order valence-corrected chi connectivity index (χ1v) is 6.13. The van der Waals surface area contributed by atoms with E-state index in [1.807, 2.05) is 0 Å². The first-order chi connectivity index (χ1) is 8.41. The highest BCUT2D eigenvalue weighted by Crippen LogP contribution is 1.87. The lowest BCUT2D eigenvalue weighted by molar-refractivity contribution is -0.00561. The summed E-state index contributed by atoms with van der Waals surface area (Å²) in [4.78, 5) is 0. The normalized spacial score (nSPS) is 10.9. The van der Waals surface area contributed by atoms with Crippen LogP contribution in [0, 0.1) is 6.92 Å². The molecule has 1 N–H and O–H groups in total. The summed E-state index contributed by atoms with van der Waals surface area (Å²) in [6.45, 7) is 8.29. The summed E-state index contributed by atoms with van der Waals surface area (Å²) < 4.78 is 20.9. The van der Waals surface area contributed by atoms with Crippen molar-refractivity contribution in [3.63, 3.8) is 0 Å². The lowest BCUT2D eigenvalue weighted by atomic mass is 10.4. The molecule has 0 spiro atoms. The fourth-order valence-corrected chi connectivity index (χ4v) is 1.03. The van der Waals surface area contributed by atoms with E-state index >= 15 is 0 Å². The largest absolute Gasteiger partial charge is 0.394 e. The third-order valence-corrected chi connectivity index (χ3v) is 1.89. The van der Waals surface area contributed by atoms with Gasteiger partial charge in [-0.2, -0.15) is 0 Å². The monoisotopic (exact) mass is 249 g/mol. The summed E-state index contributed by atoms with van der Waals surface area (Å²) in [6.07, 6.45) is 1.91. The molecule has 103 valence electrons. The van der Waals surface area contributed by atoms with E-state index in [1.54, 1.807) is 0 Å². The summed E-state index contributed by atoms with van der Waals surface area (Å²) in [5, 5.41) is 8.44. The van der Waals surface area contributed by atoms with Gasteiger partial charge < -0.3 is 24.1 Å². The molecule has 0 unspecified atom stereocenters. The maximum atomic E-state index is 8.44. The molecule has 0 aromatic heterocycles. The molecule has 17 heavy (non-hydrogen) atoms. The number of aliphatic hydroxyl groups is 1. The molecule has 0 heterocycles. The standard InChI is InChI=1S/C12H25O5/c1-2-3-5-14-7-9-16-11-12-17-10-8-15-6-4-13/h13H,1-12H2. The van der Waals surface area contributed by atoms with Gasteiger partial charge in [0.15, 0.2) is 0 Å². The van der Waals surface area contributed by atoms with Gasteiger partial charge in [-0.05, 0) is 6.42 Å². The molecule has 0 atom stereocenters. The van der Waals surface area contributed by atoms with Crippen molar-refractivity contribution >= 4 is 0 Å². The molecule has 0 fully saturated rings. The number of hydrogen-bond acceptors (Lipinski definition) is 5. The van der Waals surface area contributed by atoms with E-state index in [4.69, 9.17) is 24.1 Å². The van der Waals surface area contributed by atoms with Gasteiger partial charge in [0.25, 0.3) is 0 Å². The van der Waals surface area contributed by atoms with Crippen LogP contribution in [0.15, 0.2) is 0 Å². The quantitative estimate of drug-likeness (QED) is 0.458. The number of ether oxygens (including phenoxy) is 4. The van der Waals surface area contributed by atoms with E-state index in [0.29, 0.717) is 46.2 Å². The molecule has 0 rings (SSSR count). The van der Waals surface area contributed by atoms with Gasteiger partial charge in [-0.15, -0.1) is 0 Å². The van der Waals surface area contributed by atoms with E-state index in [-0.39, 0.29) is 6.61 Å². The van der Waals surface area contributed by atoms with Crippen LogP contribution in [-0.4, -0.2) is 64.6 Å². The fraction of sp³-hybridized carbons (Fsp3) is 0.917. The maximum absolute atomic E-state index is 8.44. The molecule has 1 radical (unpaired) electrons. The second kappa shape index (κ2) is 15.8. The molecule has 0 aliphatic rings. The maximum Gasteiger partial charge on any atom is 0.0701 e. The van der Waals surface area contributed by atoms with Crippen LogP contribution < -0.4 is 0 Å². The SMILES string of the molecule is [CH2]CCCOCCOCCOCCOCCO. The second-order valence-corrected chi connectivity index (χ2v) is 3.38. The first kappa shape index (κ1) is 16.8. The lowest BCUT2D eigenvalue weighted by Gasteiger charge is -2.06. The van der Waals surface area contributed by atoms with E-state index in [2.05, 4.69) is 6.92 Å². The van der Waals surface area contributed by atoms with Gasteiger partial charge >= 0.3 is 0 Å². The molecule has 5 heteroatoms. The van der Waals surface area contributed by atoms with Crippen LogP contribution in [0.5, 0.6) is 0 Å². The summed E-state index contributed by atoms with van der Waals surface area (Å²) in [5.74, 6) is 0. The van der Waals surface area contributed by atoms with Crippen LogP contribution in [0.4, 0.5) is 0 Å². The zero-order valence-electron chi connectivity index (χ0n) is 10.6. The van der Waals surface area contributed by atoms with E-state index in [0.717, 1.165) is 19.4 Å². The minimum absolute atomic E-state index is 0.0528. The summed E-state index contributed by atoms with van der Waals surface area (Å²) in [5.41, 5.74) is 0. The van der Waals surface area contributed by atoms with Crippen molar-refractivity contribution in [2.45, 2.75) is 12.8 Å². The van der Waals surface area contributed by atoms with Crippen LogP contribution in [0.1, 0.15) is 12.8 Å². The molecule has 0 aliphatic heterocycles. The Morgan fingerprint density at radius 2 is 1.06 bits per heavy atom. The average Bonchev–Trinajstić information content (AvgIpc) is 2.35. The van der Waals surface area contributed by atoms with Crippen LogP contribution >= 0.6 is 0 Å². The van der Waals surface area contributed by atoms with Gasteiger partial charge in [0.1, 0.15) is 0 Å². The Hall–Kier alpha value is -0.200. The van der Waals surface area contributed by atoms with Crippen molar-refractivity contribution in [2.75, 3.05) is 59.5 Å². The smallest absolute Gasteiger partial charge is 0.0701 e. The van der Waals surface area contributed by atoms with E-state index in [9.17, 15) is 0 Å². The minimum atomic E-state index is 0.0528. The number of rotatable bonds is 14. The summed E-state index contributed by atoms with van der Waals surface area (Å²) in [7, 11) is 0. The van der Waals surface area contributed by atoms with Gasteiger partial charge in [0.05, 0.1) is 52.9 Å². The zero-order valence-corrected chi connectivity index (χ0v) is 10.6. The van der Waals surface area contributed by atoms with Crippen molar-refractivity contribution in [1.82, 2.24) is 0 Å². The lowest BCUT2D eigenvalue weighted by Crippen LogP contribution is -2.12. The van der Waals surface area contributed by atoms with Crippen LogP contribution in [-0.2, 0) is 18.9 Å². The topological polar surface area (TPSA) is 57.2 Å². The van der Waals surface area contributed by atoms with Gasteiger partial charge in [-0.25, -0.2) is 0 Å². The van der Waals surface area contributed by atoms with Crippen molar-refractivity contribution in [1.29, 1.82) is 0 Å². The minimum Gasteiger partial charge on any atom is -0.394 e. The Morgan fingerprint density at radius 3 is 1.47 bits per heavy atom. The first-order valence-electron chi connectivity index (χ1n) is 6.13. The Bertz CT molecular complexity index is 118. The number of unbranched alkanes of at least 4 members (excludes halogenated alkanes) is 1. The zero-order chi connectivity index (χ0) is 12.6. The Labute approximate surface area is 104 Å². The van der Waals surface area contributed by atoms with Crippen molar-refractivity contribution in [3.05, 3.63) is 6.92 Å². The van der Waals surface area contributed by atoms with Crippen molar-refractivity contribution in [3.8, 4) is 0 Å². The highest BCUT2D eigenvalue weighted by Gasteiger charge is 1.92. The summed E-state index contributed by atoms with van der Waals surface area (Å²) >= 11 is 0. The van der Waals surface area contributed by atoms with Crippen LogP contribution in [0.3, 0.4) is 0 Å². The predicted octanol–water partition coefficient (Wildman–Crippen LogP) is 0.659. The van der Waals surface area contributed by atoms with Crippen LogP contribution in [0.2, 0.25) is 0 Å². The molecule has 0 aliphatic carbocycles. The number of hydrogen-bond donors (Lipinski definition) is 1. The molecular formula is C12H25O5. The molecule has 0 saturated carbocycles. The predicted molar refractivity (Wildman–Crippen MR) is 65.0 cm³/mol. The Morgan fingerprint density at radius 1 is 0.647 bits per heavy atom. The Kier molecular flexibility index (Phi) is 15.6. The van der Waals surface area contributed by atoms with Crippen LogP contribution in [0.25, 0.3) is 0 Å². The fourth-order valence-electron chi connectivity index (χ4n) is 1.03.